The van der Waals surface area contributed by atoms with E-state index in [-0.39, 0.29) is 25.0 Å². The zero-order chi connectivity index (χ0) is 34.0. The molecule has 7 rings (SSSR count). The van der Waals surface area contributed by atoms with Crippen LogP contribution >= 0.6 is 0 Å². The summed E-state index contributed by atoms with van der Waals surface area (Å²) in [5, 5.41) is 22.7. The highest BCUT2D eigenvalue weighted by Crippen LogP contribution is 2.40. The van der Waals surface area contributed by atoms with Crippen LogP contribution in [0.4, 0.5) is 11.4 Å². The van der Waals surface area contributed by atoms with Crippen LogP contribution in [0.15, 0.2) is 107 Å². The highest BCUT2D eigenvalue weighted by Gasteiger charge is 2.45. The maximum atomic E-state index is 13.9. The average molecular weight is 659 g/mol. The van der Waals surface area contributed by atoms with E-state index >= 15 is 0 Å². The first-order chi connectivity index (χ1) is 23.8. The van der Waals surface area contributed by atoms with Gasteiger partial charge in [0.05, 0.1) is 24.3 Å². The predicted molar refractivity (Wildman–Crippen MR) is 185 cm³/mol. The molecule has 0 radical (unpaired) electrons. The van der Waals surface area contributed by atoms with E-state index in [1.54, 1.807) is 44.8 Å². The number of aromatic nitrogens is 2. The Kier molecular flexibility index (Phi) is 9.00. The number of carbonyl (C=O) groups is 2. The summed E-state index contributed by atoms with van der Waals surface area (Å²) < 4.78 is 5.56. The normalized spacial score (nSPS) is 21.9. The van der Waals surface area contributed by atoms with Gasteiger partial charge < -0.3 is 15.0 Å². The maximum absolute atomic E-state index is 13.9. The number of ether oxygens (including phenoxy) is 1. The molecule has 5 heterocycles. The van der Waals surface area contributed by atoms with Crippen LogP contribution in [0.2, 0.25) is 0 Å². The average Bonchev–Trinajstić information content (AvgIpc) is 3.75. The third-order valence-electron chi connectivity index (χ3n) is 9.50. The lowest BCUT2D eigenvalue weighted by molar-refractivity contribution is -0.133. The Morgan fingerprint density at radius 1 is 1.04 bits per heavy atom. The summed E-state index contributed by atoms with van der Waals surface area (Å²) >= 11 is 0. The summed E-state index contributed by atoms with van der Waals surface area (Å²) in [5.41, 5.74) is 6.80. The van der Waals surface area contributed by atoms with E-state index in [9.17, 15) is 14.8 Å². The van der Waals surface area contributed by atoms with E-state index < -0.39 is 5.41 Å². The third-order valence-corrected chi connectivity index (χ3v) is 9.50. The Morgan fingerprint density at radius 3 is 2.57 bits per heavy atom. The molecule has 2 aromatic carbocycles. The second-order valence-corrected chi connectivity index (χ2v) is 12.8. The number of carbonyl (C=O) groups excluding carboxylic acids is 2. The number of nitrogens with one attached hydrogen (secondary N) is 1. The Bertz CT molecular complexity index is 1920. The number of rotatable bonds is 8. The van der Waals surface area contributed by atoms with Crippen molar-refractivity contribution in [2.45, 2.75) is 19.8 Å². The van der Waals surface area contributed by atoms with E-state index in [0.717, 1.165) is 33.7 Å². The number of methoxy groups -OCH3 is 1. The minimum atomic E-state index is -0.799. The Balaban J connectivity index is 0.972. The molecule has 1 atom stereocenters. The SMILES string of the molecule is COC[C@@]1(C(=O)Nc2ccc3c(c2)C(=C2C=CN(O)C(C)=C2)N=N3)CCN(CC(=O)N2CC=C(c3ccc(-c4ncccn4)cc3)CC2)C1. The maximum Gasteiger partial charge on any atom is 0.237 e. The van der Waals surface area contributed by atoms with Crippen LogP contribution in [0.1, 0.15) is 30.9 Å². The molecule has 12 heteroatoms. The minimum Gasteiger partial charge on any atom is -0.384 e. The number of likely N-dealkylation sites (tertiary alicyclic amines) is 1. The lowest BCUT2D eigenvalue weighted by atomic mass is 9.86. The van der Waals surface area contributed by atoms with Crippen molar-refractivity contribution in [3.63, 3.8) is 0 Å². The topological polar surface area (TPSA) is 136 Å². The molecule has 0 saturated carbocycles. The fraction of sp³-hybridized carbons (Fsp3) is 0.297. The summed E-state index contributed by atoms with van der Waals surface area (Å²) in [4.78, 5) is 39.8. The lowest BCUT2D eigenvalue weighted by Gasteiger charge is -2.30. The van der Waals surface area contributed by atoms with Crippen molar-refractivity contribution < 1.29 is 19.5 Å². The first kappa shape index (κ1) is 32.3. The van der Waals surface area contributed by atoms with Crippen LogP contribution in [0, 0.1) is 5.41 Å². The third kappa shape index (κ3) is 6.71. The van der Waals surface area contributed by atoms with Gasteiger partial charge in [-0.15, -0.1) is 10.2 Å². The number of hydrogen-bond acceptors (Lipinski definition) is 10. The zero-order valence-electron chi connectivity index (χ0n) is 27.5. The van der Waals surface area contributed by atoms with Gasteiger partial charge in [0.2, 0.25) is 11.8 Å². The van der Waals surface area contributed by atoms with E-state index in [1.165, 1.54) is 5.57 Å². The summed E-state index contributed by atoms with van der Waals surface area (Å²) in [6, 6.07) is 15.6. The van der Waals surface area contributed by atoms with Crippen molar-refractivity contribution in [1.29, 1.82) is 0 Å². The Labute approximate surface area is 284 Å². The second-order valence-electron chi connectivity index (χ2n) is 12.8. The molecule has 0 unspecified atom stereocenters. The van der Waals surface area contributed by atoms with Crippen LogP contribution < -0.4 is 5.32 Å². The molecule has 1 aromatic heterocycles. The molecule has 250 valence electrons. The number of allylic oxidation sites excluding steroid dienone is 4. The molecule has 0 aliphatic carbocycles. The van der Waals surface area contributed by atoms with Crippen molar-refractivity contribution in [2.24, 2.45) is 15.6 Å². The van der Waals surface area contributed by atoms with Gasteiger partial charge in [-0.3, -0.25) is 19.7 Å². The standard InChI is InChI=1S/C37H38N8O4/c1-25-20-29(12-18-45(25)48)34-31-21-30(8-9-32(31)41-42-34)40-36(47)37(24-49-2)13-19-43(23-37)22-33(46)44-16-10-27(11-17-44)26-4-6-28(7-5-26)35-38-14-3-15-39-35/h3-10,12,14-15,18,20-21,48H,11,13,16-17,19,22-24H2,1-2H3,(H,40,47)/t37-/m1/s1. The number of hydroxylamine groups is 2. The zero-order valence-corrected chi connectivity index (χ0v) is 27.5. The molecule has 1 saturated heterocycles. The molecular formula is C37H38N8O4. The Hall–Kier alpha value is -5.30. The summed E-state index contributed by atoms with van der Waals surface area (Å²) in [6.07, 6.45) is 12.1. The molecular weight excluding hydrogens is 620 g/mol. The minimum absolute atomic E-state index is 0.0533. The lowest BCUT2D eigenvalue weighted by Crippen LogP contribution is -2.45. The molecule has 2 amide bonds. The van der Waals surface area contributed by atoms with Crippen LogP contribution in [-0.2, 0) is 14.3 Å². The van der Waals surface area contributed by atoms with E-state index in [1.807, 2.05) is 41.3 Å². The molecule has 4 aliphatic heterocycles. The quantitative estimate of drug-likeness (QED) is 0.316. The largest absolute Gasteiger partial charge is 0.384 e. The number of anilines is 1. The van der Waals surface area contributed by atoms with Gasteiger partial charge in [0, 0.05) is 73.4 Å². The highest BCUT2D eigenvalue weighted by atomic mass is 16.5. The van der Waals surface area contributed by atoms with Gasteiger partial charge in [-0.25, -0.2) is 15.0 Å². The molecule has 4 aliphatic rings. The fourth-order valence-electron chi connectivity index (χ4n) is 6.75. The van der Waals surface area contributed by atoms with Crippen LogP contribution in [0.3, 0.4) is 0 Å². The number of hydrogen-bond donors (Lipinski definition) is 2. The van der Waals surface area contributed by atoms with Gasteiger partial charge >= 0.3 is 0 Å². The number of nitrogens with zero attached hydrogens (tertiary/aromatic N) is 7. The summed E-state index contributed by atoms with van der Waals surface area (Å²) in [7, 11) is 1.60. The molecule has 3 aromatic rings. The number of azo groups is 1. The molecule has 49 heavy (non-hydrogen) atoms. The number of benzene rings is 2. The van der Waals surface area contributed by atoms with Crippen LogP contribution in [0.25, 0.3) is 22.7 Å². The van der Waals surface area contributed by atoms with Crippen molar-refractivity contribution >= 4 is 34.5 Å². The van der Waals surface area contributed by atoms with Crippen LogP contribution in [0.5, 0.6) is 0 Å². The predicted octanol–water partition coefficient (Wildman–Crippen LogP) is 5.67. The van der Waals surface area contributed by atoms with E-state index in [0.29, 0.717) is 61.2 Å². The second kappa shape index (κ2) is 13.7. The van der Waals surface area contributed by atoms with Crippen molar-refractivity contribution in [3.8, 4) is 11.4 Å². The smallest absolute Gasteiger partial charge is 0.237 e. The van der Waals surface area contributed by atoms with E-state index in [2.05, 4.69) is 48.6 Å². The van der Waals surface area contributed by atoms with Gasteiger partial charge in [-0.2, -0.15) is 0 Å². The highest BCUT2D eigenvalue weighted by molar-refractivity contribution is 5.97. The van der Waals surface area contributed by atoms with Gasteiger partial charge in [0.15, 0.2) is 5.82 Å². The first-order valence-electron chi connectivity index (χ1n) is 16.3. The summed E-state index contributed by atoms with van der Waals surface area (Å²) in [6.45, 7) is 4.52. The van der Waals surface area contributed by atoms with Gasteiger partial charge in [0.25, 0.3) is 0 Å². The fourth-order valence-corrected chi connectivity index (χ4v) is 6.75. The summed E-state index contributed by atoms with van der Waals surface area (Å²) in [5.74, 6) is 0.601. The van der Waals surface area contributed by atoms with Crippen molar-refractivity contribution in [3.05, 3.63) is 108 Å². The molecule has 2 N–H and O–H groups in total. The van der Waals surface area contributed by atoms with Crippen LogP contribution in [-0.4, -0.2) is 88.3 Å². The van der Waals surface area contributed by atoms with E-state index in [4.69, 9.17) is 4.74 Å². The molecule has 0 bridgehead atoms. The van der Waals surface area contributed by atoms with Gasteiger partial charge in [-0.05, 0) is 73.9 Å². The van der Waals surface area contributed by atoms with Crippen molar-refractivity contribution in [1.82, 2.24) is 24.8 Å². The van der Waals surface area contributed by atoms with Crippen molar-refractivity contribution in [2.75, 3.05) is 51.8 Å². The number of amides is 2. The molecule has 1 fully saturated rings. The molecule has 0 spiro atoms. The van der Waals surface area contributed by atoms with Gasteiger partial charge in [0.1, 0.15) is 5.70 Å². The first-order valence-corrected chi connectivity index (χ1v) is 16.3. The van der Waals surface area contributed by atoms with Gasteiger partial charge in [-0.1, -0.05) is 30.3 Å². The molecule has 12 nitrogen and oxygen atoms in total. The Morgan fingerprint density at radius 2 is 1.84 bits per heavy atom. The number of fused-ring (bicyclic) bond motifs is 1. The monoisotopic (exact) mass is 658 g/mol.